The van der Waals surface area contributed by atoms with Gasteiger partial charge in [-0.3, -0.25) is 23.7 Å². The summed E-state index contributed by atoms with van der Waals surface area (Å²) in [5.41, 5.74) is -2.80. The molecule has 0 radical (unpaired) electrons. The molecule has 0 spiro atoms. The van der Waals surface area contributed by atoms with Gasteiger partial charge < -0.3 is 25.0 Å². The third kappa shape index (κ3) is 4.45. The number of halogens is 1. The SMILES string of the molecule is CCC12CCC(N(C)C(=O)C(=O)N(C)C)(CO1)c1nc(C(=O)NCc3ccc(F)cc3)c(O)c(=O)n1C2. The Hall–Kier alpha value is -3.80. The monoisotopic (exact) mass is 515 g/mol. The Kier molecular flexibility index (Phi) is 6.80. The molecule has 0 saturated carbocycles. The van der Waals surface area contributed by atoms with E-state index in [0.717, 1.165) is 4.90 Å². The number of benzene rings is 1. The summed E-state index contributed by atoms with van der Waals surface area (Å²) in [6.45, 7) is 1.94. The number of nitrogens with zero attached hydrogens (tertiary/aromatic N) is 4. The molecule has 5 rings (SSSR count). The molecule has 1 fully saturated rings. The number of nitrogens with one attached hydrogen (secondary N) is 1. The van der Waals surface area contributed by atoms with Crippen LogP contribution in [0.1, 0.15) is 48.1 Å². The minimum atomic E-state index is -1.32. The largest absolute Gasteiger partial charge is 0.501 e. The van der Waals surface area contributed by atoms with Gasteiger partial charge in [0.15, 0.2) is 5.69 Å². The van der Waals surface area contributed by atoms with Crippen molar-refractivity contribution in [3.05, 3.63) is 57.5 Å². The van der Waals surface area contributed by atoms with Crippen molar-refractivity contribution in [2.45, 2.75) is 50.4 Å². The molecular formula is C25H30FN5O6. The van der Waals surface area contributed by atoms with Gasteiger partial charge in [0.25, 0.3) is 11.5 Å². The van der Waals surface area contributed by atoms with Crippen LogP contribution in [0.5, 0.6) is 5.75 Å². The number of ether oxygens (including phenoxy) is 1. The van der Waals surface area contributed by atoms with Crippen molar-refractivity contribution in [1.82, 2.24) is 24.7 Å². The quantitative estimate of drug-likeness (QED) is 0.561. The average Bonchev–Trinajstić information content (AvgIpc) is 3.13. The second kappa shape index (κ2) is 9.58. The highest BCUT2D eigenvalue weighted by Gasteiger charge is 2.55. The van der Waals surface area contributed by atoms with Gasteiger partial charge in [-0.2, -0.15) is 0 Å². The predicted molar refractivity (Wildman–Crippen MR) is 129 cm³/mol. The Labute approximate surface area is 212 Å². The highest BCUT2D eigenvalue weighted by atomic mass is 19.1. The number of hydrogen-bond acceptors (Lipinski definition) is 7. The number of rotatable bonds is 5. The van der Waals surface area contributed by atoms with E-state index in [9.17, 15) is 28.7 Å². The smallest absolute Gasteiger partial charge is 0.312 e. The van der Waals surface area contributed by atoms with Crippen LogP contribution < -0.4 is 10.9 Å². The molecule has 3 amide bonds. The number of fused-ring (bicyclic) bond motifs is 2. The molecule has 1 aromatic heterocycles. The first kappa shape index (κ1) is 26.3. The molecule has 2 aromatic rings. The van der Waals surface area contributed by atoms with Crippen molar-refractivity contribution < 1.29 is 28.6 Å². The van der Waals surface area contributed by atoms with Gasteiger partial charge in [0.2, 0.25) is 5.75 Å². The third-order valence-electron chi connectivity index (χ3n) is 7.38. The molecule has 2 unspecified atom stereocenters. The normalized spacial score (nSPS) is 22.1. The van der Waals surface area contributed by atoms with Gasteiger partial charge in [-0.25, -0.2) is 9.37 Å². The zero-order valence-electron chi connectivity index (χ0n) is 21.2. The molecule has 1 saturated heterocycles. The first-order valence-electron chi connectivity index (χ1n) is 11.9. The number of likely N-dealkylation sites (N-methyl/N-ethyl adjacent to an activating group) is 2. The van der Waals surface area contributed by atoms with Gasteiger partial charge in [-0.05, 0) is 37.0 Å². The van der Waals surface area contributed by atoms with Crippen LogP contribution >= 0.6 is 0 Å². The van der Waals surface area contributed by atoms with Crippen LogP contribution in [0.15, 0.2) is 29.1 Å². The zero-order valence-corrected chi connectivity index (χ0v) is 21.2. The molecular weight excluding hydrogens is 485 g/mol. The Balaban J connectivity index is 1.79. The van der Waals surface area contributed by atoms with E-state index in [0.29, 0.717) is 24.8 Å². The molecule has 11 nitrogen and oxygen atoms in total. The first-order valence-corrected chi connectivity index (χ1v) is 11.9. The van der Waals surface area contributed by atoms with Gasteiger partial charge in [-0.15, -0.1) is 0 Å². The minimum Gasteiger partial charge on any atom is -0.501 e. The summed E-state index contributed by atoms with van der Waals surface area (Å²) >= 11 is 0. The number of carbonyl (C=O) groups excluding carboxylic acids is 3. The number of amides is 3. The Morgan fingerprint density at radius 1 is 1.16 bits per heavy atom. The lowest BCUT2D eigenvalue weighted by Gasteiger charge is -2.46. The standard InChI is InChI=1S/C25H30FN5O6/c1-5-24-10-11-25(14-37-24,30(4)22(36)21(35)29(2)3)23-28-17(18(32)20(34)31(23)13-24)19(33)27-12-15-6-8-16(26)9-7-15/h6-9,32H,5,10-14H2,1-4H3,(H,27,33). The van der Waals surface area contributed by atoms with Crippen LogP contribution in [-0.4, -0.2) is 75.5 Å². The van der Waals surface area contributed by atoms with Crippen LogP contribution in [0.2, 0.25) is 0 Å². The molecule has 2 bridgehead atoms. The van der Waals surface area contributed by atoms with E-state index in [2.05, 4.69) is 10.3 Å². The van der Waals surface area contributed by atoms with E-state index in [4.69, 9.17) is 4.74 Å². The highest BCUT2D eigenvalue weighted by Crippen LogP contribution is 2.45. The fourth-order valence-corrected chi connectivity index (χ4v) is 4.85. The van der Waals surface area contributed by atoms with Crippen molar-refractivity contribution in [3.8, 4) is 5.75 Å². The zero-order chi connectivity index (χ0) is 27.1. The second-order valence-corrected chi connectivity index (χ2v) is 9.75. The average molecular weight is 516 g/mol. The van der Waals surface area contributed by atoms with E-state index in [1.807, 2.05) is 6.92 Å². The van der Waals surface area contributed by atoms with Crippen molar-refractivity contribution in [2.24, 2.45) is 0 Å². The highest BCUT2D eigenvalue weighted by molar-refractivity contribution is 6.34. The van der Waals surface area contributed by atoms with E-state index in [1.165, 1.54) is 54.9 Å². The molecule has 3 aliphatic rings. The summed E-state index contributed by atoms with van der Waals surface area (Å²) in [5, 5.41) is 13.3. The molecule has 2 N–H and O–H groups in total. The lowest BCUT2D eigenvalue weighted by molar-refractivity contribution is -0.168. The maximum Gasteiger partial charge on any atom is 0.312 e. The minimum absolute atomic E-state index is 0.00156. The van der Waals surface area contributed by atoms with Crippen molar-refractivity contribution in [1.29, 1.82) is 0 Å². The fourth-order valence-electron chi connectivity index (χ4n) is 4.85. The van der Waals surface area contributed by atoms with E-state index in [-0.39, 0.29) is 25.5 Å². The molecule has 12 heteroatoms. The number of aromatic nitrogens is 2. The van der Waals surface area contributed by atoms with Crippen LogP contribution in [0.3, 0.4) is 0 Å². The van der Waals surface area contributed by atoms with Crippen molar-refractivity contribution >= 4 is 17.7 Å². The number of carbonyl (C=O) groups is 3. The first-order chi connectivity index (χ1) is 17.4. The van der Waals surface area contributed by atoms with E-state index >= 15 is 0 Å². The lowest BCUT2D eigenvalue weighted by atomic mass is 9.82. The fraction of sp³-hybridized carbons (Fsp3) is 0.480. The Bertz CT molecular complexity index is 1300. The van der Waals surface area contributed by atoms with Crippen LogP contribution in [0, 0.1) is 5.82 Å². The summed E-state index contributed by atoms with van der Waals surface area (Å²) in [6, 6.07) is 5.48. The van der Waals surface area contributed by atoms with Crippen molar-refractivity contribution in [3.63, 3.8) is 0 Å². The summed E-state index contributed by atoms with van der Waals surface area (Å²) < 4.78 is 20.7. The van der Waals surface area contributed by atoms with Gasteiger partial charge >= 0.3 is 11.8 Å². The molecule has 4 heterocycles. The molecule has 0 aliphatic carbocycles. The van der Waals surface area contributed by atoms with E-state index < -0.39 is 51.7 Å². The Morgan fingerprint density at radius 2 is 1.84 bits per heavy atom. The van der Waals surface area contributed by atoms with Crippen LogP contribution in [0.4, 0.5) is 4.39 Å². The second-order valence-electron chi connectivity index (χ2n) is 9.75. The Morgan fingerprint density at radius 3 is 2.41 bits per heavy atom. The summed E-state index contributed by atoms with van der Waals surface area (Å²) in [7, 11) is 4.35. The predicted octanol–water partition coefficient (Wildman–Crippen LogP) is 0.733. The van der Waals surface area contributed by atoms with Gasteiger partial charge in [0.05, 0.1) is 18.8 Å². The number of hydrogen-bond donors (Lipinski definition) is 2. The van der Waals surface area contributed by atoms with Crippen molar-refractivity contribution in [2.75, 3.05) is 27.7 Å². The molecule has 2 atom stereocenters. The van der Waals surface area contributed by atoms with E-state index in [1.54, 1.807) is 0 Å². The van der Waals surface area contributed by atoms with Crippen LogP contribution in [-0.2, 0) is 33.0 Å². The topological polar surface area (TPSA) is 134 Å². The maximum atomic E-state index is 13.4. The van der Waals surface area contributed by atoms with Gasteiger partial charge in [0, 0.05) is 27.7 Å². The molecule has 198 valence electrons. The van der Waals surface area contributed by atoms with Gasteiger partial charge in [-0.1, -0.05) is 19.1 Å². The van der Waals surface area contributed by atoms with Crippen LogP contribution in [0.25, 0.3) is 0 Å². The molecule has 37 heavy (non-hydrogen) atoms. The maximum absolute atomic E-state index is 13.4. The molecule has 1 aromatic carbocycles. The number of aromatic hydroxyl groups is 1. The molecule has 3 aliphatic heterocycles. The summed E-state index contributed by atoms with van der Waals surface area (Å²) in [6.07, 6.45) is 1.36. The third-order valence-corrected chi connectivity index (χ3v) is 7.38. The van der Waals surface area contributed by atoms with Gasteiger partial charge in [0.1, 0.15) is 17.2 Å². The lowest BCUT2D eigenvalue weighted by Crippen LogP contribution is -2.58. The summed E-state index contributed by atoms with van der Waals surface area (Å²) in [5.74, 6) is -3.60. The summed E-state index contributed by atoms with van der Waals surface area (Å²) in [4.78, 5) is 58.8.